The summed E-state index contributed by atoms with van der Waals surface area (Å²) in [7, 11) is 0. The van der Waals surface area contributed by atoms with Crippen molar-refractivity contribution in [2.45, 2.75) is 6.54 Å². The van der Waals surface area contributed by atoms with Crippen LogP contribution < -0.4 is 5.43 Å². The van der Waals surface area contributed by atoms with Crippen molar-refractivity contribution in [1.82, 2.24) is 4.68 Å². The van der Waals surface area contributed by atoms with Gasteiger partial charge in [-0.2, -0.15) is 0 Å². The molecule has 1 N–H and O–H groups in total. The van der Waals surface area contributed by atoms with E-state index < -0.39 is 0 Å². The van der Waals surface area contributed by atoms with Gasteiger partial charge < -0.3 is 5.43 Å². The van der Waals surface area contributed by atoms with Gasteiger partial charge in [0.05, 0.1) is 6.54 Å². The second-order valence-corrected chi connectivity index (χ2v) is 3.02. The second kappa shape index (κ2) is 3.96. The lowest BCUT2D eigenvalue weighted by molar-refractivity contribution is 0.608. The molecule has 0 aliphatic heterocycles. The summed E-state index contributed by atoms with van der Waals surface area (Å²) in [5.41, 5.74) is 3.73. The number of hydrogen-bond acceptors (Lipinski definition) is 1. The van der Waals surface area contributed by atoms with Crippen LogP contribution in [0.4, 0.5) is 4.39 Å². The predicted octanol–water partition coefficient (Wildman–Crippen LogP) is 2.37. The molecule has 0 unspecified atom stereocenters. The smallest absolute Gasteiger partial charge is 0.128 e. The van der Waals surface area contributed by atoms with Crippen molar-refractivity contribution < 1.29 is 4.39 Å². The largest absolute Gasteiger partial charge is 0.322 e. The minimum Gasteiger partial charge on any atom is -0.322 e. The average molecular weight is 190 g/mol. The molecule has 0 saturated carbocycles. The lowest BCUT2D eigenvalue weighted by Gasteiger charge is -2.07. The van der Waals surface area contributed by atoms with Crippen molar-refractivity contribution in [3.63, 3.8) is 0 Å². The van der Waals surface area contributed by atoms with E-state index in [0.717, 1.165) is 0 Å². The van der Waals surface area contributed by atoms with Crippen molar-refractivity contribution in [1.29, 1.82) is 0 Å². The van der Waals surface area contributed by atoms with Gasteiger partial charge in [0.25, 0.3) is 0 Å². The van der Waals surface area contributed by atoms with E-state index in [0.29, 0.717) is 12.1 Å². The fraction of sp³-hybridized carbons (Fsp3) is 0.0909. The number of hydrogen-bond donors (Lipinski definition) is 1. The van der Waals surface area contributed by atoms with Crippen molar-refractivity contribution >= 4 is 0 Å². The SMILES string of the molecule is Fc1ccccc1CNn1cccc1. The monoisotopic (exact) mass is 190 g/mol. The molecule has 1 heterocycles. The van der Waals surface area contributed by atoms with E-state index in [1.807, 2.05) is 30.6 Å². The van der Waals surface area contributed by atoms with Crippen LogP contribution in [-0.2, 0) is 6.54 Å². The summed E-state index contributed by atoms with van der Waals surface area (Å²) < 4.78 is 15.0. The van der Waals surface area contributed by atoms with Crippen LogP contribution in [0.1, 0.15) is 5.56 Å². The van der Waals surface area contributed by atoms with Crippen molar-refractivity contribution in [2.75, 3.05) is 5.43 Å². The van der Waals surface area contributed by atoms with Crippen LogP contribution in [0.5, 0.6) is 0 Å². The third-order valence-corrected chi connectivity index (χ3v) is 2.01. The Bertz CT molecular complexity index is 395. The van der Waals surface area contributed by atoms with Crippen LogP contribution in [0.2, 0.25) is 0 Å². The Morgan fingerprint density at radius 2 is 1.79 bits per heavy atom. The predicted molar refractivity (Wildman–Crippen MR) is 53.9 cm³/mol. The van der Waals surface area contributed by atoms with E-state index in [-0.39, 0.29) is 5.82 Å². The average Bonchev–Trinajstić information content (AvgIpc) is 2.69. The van der Waals surface area contributed by atoms with Gasteiger partial charge in [-0.25, -0.2) is 4.39 Å². The first kappa shape index (κ1) is 8.81. The summed E-state index contributed by atoms with van der Waals surface area (Å²) in [4.78, 5) is 0. The summed E-state index contributed by atoms with van der Waals surface area (Å²) in [6.07, 6.45) is 3.75. The maximum Gasteiger partial charge on any atom is 0.128 e. The molecule has 2 nitrogen and oxygen atoms in total. The molecular formula is C11H11FN2. The van der Waals surface area contributed by atoms with E-state index in [9.17, 15) is 4.39 Å². The number of benzene rings is 1. The molecule has 0 aliphatic carbocycles. The van der Waals surface area contributed by atoms with Gasteiger partial charge in [-0.1, -0.05) is 18.2 Å². The lowest BCUT2D eigenvalue weighted by Crippen LogP contribution is -2.12. The van der Waals surface area contributed by atoms with Crippen molar-refractivity contribution in [2.24, 2.45) is 0 Å². The zero-order chi connectivity index (χ0) is 9.80. The first-order valence-corrected chi connectivity index (χ1v) is 4.46. The molecule has 0 radical (unpaired) electrons. The fourth-order valence-electron chi connectivity index (χ4n) is 1.26. The second-order valence-electron chi connectivity index (χ2n) is 3.02. The topological polar surface area (TPSA) is 17.0 Å². The fourth-order valence-corrected chi connectivity index (χ4v) is 1.26. The molecule has 14 heavy (non-hydrogen) atoms. The highest BCUT2D eigenvalue weighted by Crippen LogP contribution is 2.05. The molecule has 0 aliphatic rings. The zero-order valence-corrected chi connectivity index (χ0v) is 7.65. The van der Waals surface area contributed by atoms with Gasteiger partial charge >= 0.3 is 0 Å². The van der Waals surface area contributed by atoms with Gasteiger partial charge in [-0.05, 0) is 18.2 Å². The standard InChI is InChI=1S/C11H11FN2/c12-11-6-2-1-5-10(11)9-13-14-7-3-4-8-14/h1-8,13H,9H2. The first-order chi connectivity index (χ1) is 6.86. The number of halogens is 1. The van der Waals surface area contributed by atoms with Gasteiger partial charge in [0.2, 0.25) is 0 Å². The van der Waals surface area contributed by atoms with Crippen LogP contribution in [0.3, 0.4) is 0 Å². The maximum atomic E-state index is 13.2. The van der Waals surface area contributed by atoms with Crippen LogP contribution >= 0.6 is 0 Å². The number of aromatic nitrogens is 1. The van der Waals surface area contributed by atoms with Crippen molar-refractivity contribution in [3.05, 3.63) is 60.2 Å². The number of rotatable bonds is 3. The lowest BCUT2D eigenvalue weighted by atomic mass is 10.2. The Labute approximate surface area is 82.0 Å². The highest BCUT2D eigenvalue weighted by atomic mass is 19.1. The number of nitrogens with one attached hydrogen (secondary N) is 1. The summed E-state index contributed by atoms with van der Waals surface area (Å²) >= 11 is 0. The third kappa shape index (κ3) is 1.93. The van der Waals surface area contributed by atoms with E-state index in [1.54, 1.807) is 16.8 Å². The Kier molecular flexibility index (Phi) is 2.49. The van der Waals surface area contributed by atoms with Gasteiger partial charge in [-0.15, -0.1) is 0 Å². The molecule has 0 amide bonds. The van der Waals surface area contributed by atoms with E-state index in [4.69, 9.17) is 0 Å². The van der Waals surface area contributed by atoms with Crippen LogP contribution in [0.15, 0.2) is 48.8 Å². The summed E-state index contributed by atoms with van der Waals surface area (Å²) in [5.74, 6) is -0.174. The summed E-state index contributed by atoms with van der Waals surface area (Å²) in [6.45, 7) is 0.487. The normalized spacial score (nSPS) is 10.1. The zero-order valence-electron chi connectivity index (χ0n) is 7.65. The molecule has 0 atom stereocenters. The molecule has 1 aromatic carbocycles. The Balaban J connectivity index is 2.02. The molecule has 1 aromatic heterocycles. The van der Waals surface area contributed by atoms with Gasteiger partial charge in [0.1, 0.15) is 5.82 Å². The Morgan fingerprint density at radius 3 is 2.50 bits per heavy atom. The van der Waals surface area contributed by atoms with Crippen LogP contribution in [0.25, 0.3) is 0 Å². The first-order valence-electron chi connectivity index (χ1n) is 4.46. The molecule has 0 spiro atoms. The van der Waals surface area contributed by atoms with Gasteiger partial charge in [0.15, 0.2) is 0 Å². The molecule has 0 saturated heterocycles. The minimum atomic E-state index is -0.174. The molecule has 0 bridgehead atoms. The molecule has 2 aromatic rings. The van der Waals surface area contributed by atoms with E-state index >= 15 is 0 Å². The highest BCUT2D eigenvalue weighted by molar-refractivity contribution is 5.18. The van der Waals surface area contributed by atoms with Gasteiger partial charge in [0, 0.05) is 18.0 Å². The Hall–Kier alpha value is -1.77. The van der Waals surface area contributed by atoms with Crippen molar-refractivity contribution in [3.8, 4) is 0 Å². The van der Waals surface area contributed by atoms with Crippen LogP contribution in [-0.4, -0.2) is 4.68 Å². The molecule has 72 valence electrons. The summed E-state index contributed by atoms with van der Waals surface area (Å²) in [6, 6.07) is 10.6. The molecular weight excluding hydrogens is 179 g/mol. The van der Waals surface area contributed by atoms with Gasteiger partial charge in [-0.3, -0.25) is 4.68 Å². The van der Waals surface area contributed by atoms with Crippen LogP contribution in [0, 0.1) is 5.82 Å². The van der Waals surface area contributed by atoms with E-state index in [1.165, 1.54) is 6.07 Å². The summed E-state index contributed by atoms with van der Waals surface area (Å²) in [5, 5.41) is 0. The molecule has 0 fully saturated rings. The minimum absolute atomic E-state index is 0.174. The molecule has 2 rings (SSSR count). The highest BCUT2D eigenvalue weighted by Gasteiger charge is 1.98. The maximum absolute atomic E-state index is 13.2. The third-order valence-electron chi connectivity index (χ3n) is 2.01. The quantitative estimate of drug-likeness (QED) is 0.786. The number of nitrogens with zero attached hydrogens (tertiary/aromatic N) is 1. The van der Waals surface area contributed by atoms with E-state index in [2.05, 4.69) is 5.43 Å². The Morgan fingerprint density at radius 1 is 1.07 bits per heavy atom. The molecule has 3 heteroatoms.